The van der Waals surface area contributed by atoms with Gasteiger partial charge in [0, 0.05) is 18.5 Å². The number of nitriles is 1. The molecule has 0 aliphatic rings. The van der Waals surface area contributed by atoms with Gasteiger partial charge in [-0.1, -0.05) is 24.3 Å². The van der Waals surface area contributed by atoms with Crippen LogP contribution in [0.15, 0.2) is 36.4 Å². The first-order valence-electron chi connectivity index (χ1n) is 10.6. The number of hydrogen-bond donors (Lipinski definition) is 2. The molecule has 1 aromatic carbocycles. The van der Waals surface area contributed by atoms with Gasteiger partial charge in [0.15, 0.2) is 5.65 Å². The number of pyridine rings is 1. The molecule has 0 amide bonds. The lowest BCUT2D eigenvalue weighted by atomic mass is 9.99. The molecule has 5 nitrogen and oxygen atoms in total. The highest BCUT2D eigenvalue weighted by atomic mass is 15.1. The SMILES string of the molecule is C=C(C)Cc1c(C)c(C#N)c2nc3ccccc3n2c1NCCC[NH+](CC)CC. The van der Waals surface area contributed by atoms with Crippen LogP contribution >= 0.6 is 0 Å². The summed E-state index contributed by atoms with van der Waals surface area (Å²) in [4.78, 5) is 6.40. The standard InChI is InChI=1S/C24H31N5/c1-6-28(7-2)14-10-13-26-23-19(15-17(3)4)18(5)20(16-25)24-27-21-11-8-9-12-22(21)29(23)24/h8-9,11-12,26H,3,6-7,10,13-15H2,1-2,4-5H3/p+1. The van der Waals surface area contributed by atoms with Gasteiger partial charge in [-0.05, 0) is 51.8 Å². The van der Waals surface area contributed by atoms with E-state index in [4.69, 9.17) is 4.98 Å². The van der Waals surface area contributed by atoms with Crippen LogP contribution in [0.25, 0.3) is 16.7 Å². The Labute approximate surface area is 173 Å². The summed E-state index contributed by atoms with van der Waals surface area (Å²) < 4.78 is 2.13. The lowest BCUT2D eigenvalue weighted by Gasteiger charge is -2.20. The Bertz CT molecular complexity index is 1070. The van der Waals surface area contributed by atoms with Gasteiger partial charge in [-0.2, -0.15) is 5.26 Å². The van der Waals surface area contributed by atoms with Crippen LogP contribution in [0.2, 0.25) is 0 Å². The van der Waals surface area contributed by atoms with Crippen LogP contribution in [-0.4, -0.2) is 35.6 Å². The summed E-state index contributed by atoms with van der Waals surface area (Å²) >= 11 is 0. The Morgan fingerprint density at radius 1 is 1.28 bits per heavy atom. The van der Waals surface area contributed by atoms with E-state index in [0.717, 1.165) is 78.2 Å². The molecule has 0 radical (unpaired) electrons. The number of nitrogens with zero attached hydrogens (tertiary/aromatic N) is 3. The second kappa shape index (κ2) is 9.11. The van der Waals surface area contributed by atoms with E-state index in [0.29, 0.717) is 5.56 Å². The normalized spacial score (nSPS) is 11.3. The largest absolute Gasteiger partial charge is 0.371 e. The van der Waals surface area contributed by atoms with Gasteiger partial charge in [0.25, 0.3) is 0 Å². The Kier molecular flexibility index (Phi) is 6.56. The second-order valence-corrected chi connectivity index (χ2v) is 7.82. The average molecular weight is 391 g/mol. The number of allylic oxidation sites excluding steroid dienone is 1. The average Bonchev–Trinajstić information content (AvgIpc) is 3.09. The van der Waals surface area contributed by atoms with Crippen LogP contribution in [0, 0.1) is 18.3 Å². The third-order valence-corrected chi connectivity index (χ3v) is 5.71. The predicted molar refractivity (Wildman–Crippen MR) is 121 cm³/mol. The zero-order valence-electron chi connectivity index (χ0n) is 18.1. The quantitative estimate of drug-likeness (QED) is 0.434. The molecule has 0 saturated heterocycles. The lowest BCUT2D eigenvalue weighted by Crippen LogP contribution is -3.11. The first-order valence-corrected chi connectivity index (χ1v) is 10.6. The van der Waals surface area contributed by atoms with Gasteiger partial charge in [0.05, 0.1) is 36.2 Å². The van der Waals surface area contributed by atoms with Crippen LogP contribution in [0.1, 0.15) is 43.9 Å². The summed E-state index contributed by atoms with van der Waals surface area (Å²) in [5.74, 6) is 1.04. The summed E-state index contributed by atoms with van der Waals surface area (Å²) in [7, 11) is 0. The Balaban J connectivity index is 2.11. The van der Waals surface area contributed by atoms with Crippen molar-refractivity contribution >= 4 is 22.5 Å². The highest BCUT2D eigenvalue weighted by Gasteiger charge is 2.20. The molecule has 0 saturated carbocycles. The molecule has 0 aliphatic heterocycles. The third-order valence-electron chi connectivity index (χ3n) is 5.71. The van der Waals surface area contributed by atoms with Crippen LogP contribution in [-0.2, 0) is 6.42 Å². The van der Waals surface area contributed by atoms with Crippen molar-refractivity contribution in [2.24, 2.45) is 0 Å². The molecule has 2 aromatic heterocycles. The van der Waals surface area contributed by atoms with Crippen molar-refractivity contribution in [2.75, 3.05) is 31.5 Å². The van der Waals surface area contributed by atoms with Crippen molar-refractivity contribution in [3.63, 3.8) is 0 Å². The maximum atomic E-state index is 9.87. The van der Waals surface area contributed by atoms with E-state index in [1.54, 1.807) is 4.90 Å². The van der Waals surface area contributed by atoms with Crippen molar-refractivity contribution in [2.45, 2.75) is 40.5 Å². The Hall–Kier alpha value is -2.84. The number of aromatic nitrogens is 2. The maximum Gasteiger partial charge on any atom is 0.157 e. The monoisotopic (exact) mass is 390 g/mol. The van der Waals surface area contributed by atoms with E-state index >= 15 is 0 Å². The van der Waals surface area contributed by atoms with Crippen molar-refractivity contribution in [3.8, 4) is 6.07 Å². The van der Waals surface area contributed by atoms with Crippen LogP contribution < -0.4 is 10.2 Å². The first kappa shape index (κ1) is 20.9. The third kappa shape index (κ3) is 4.13. The zero-order valence-corrected chi connectivity index (χ0v) is 18.1. The number of fused-ring (bicyclic) bond motifs is 3. The molecule has 0 spiro atoms. The fourth-order valence-electron chi connectivity index (χ4n) is 4.04. The van der Waals surface area contributed by atoms with Crippen molar-refractivity contribution in [1.82, 2.24) is 9.38 Å². The molecule has 29 heavy (non-hydrogen) atoms. The number of rotatable bonds is 9. The van der Waals surface area contributed by atoms with Crippen molar-refractivity contribution in [3.05, 3.63) is 53.1 Å². The molecule has 0 aliphatic carbocycles. The van der Waals surface area contributed by atoms with Crippen molar-refractivity contribution in [1.29, 1.82) is 5.26 Å². The minimum Gasteiger partial charge on any atom is -0.371 e. The van der Waals surface area contributed by atoms with E-state index in [9.17, 15) is 5.26 Å². The maximum absolute atomic E-state index is 9.87. The molecule has 2 N–H and O–H groups in total. The van der Waals surface area contributed by atoms with Gasteiger partial charge in [-0.3, -0.25) is 4.40 Å². The zero-order chi connectivity index (χ0) is 21.0. The minimum absolute atomic E-state index is 0.649. The van der Waals surface area contributed by atoms with Crippen LogP contribution in [0.3, 0.4) is 0 Å². The summed E-state index contributed by atoms with van der Waals surface area (Å²) in [5.41, 5.74) is 6.53. The molecule has 0 bridgehead atoms. The molecule has 5 heteroatoms. The summed E-state index contributed by atoms with van der Waals surface area (Å²) in [6.07, 6.45) is 1.84. The van der Waals surface area contributed by atoms with Crippen molar-refractivity contribution < 1.29 is 4.90 Å². The summed E-state index contributed by atoms with van der Waals surface area (Å²) in [6.45, 7) is 17.0. The second-order valence-electron chi connectivity index (χ2n) is 7.82. The fraction of sp³-hybridized carbons (Fsp3) is 0.417. The number of imidazole rings is 1. The summed E-state index contributed by atoms with van der Waals surface area (Å²) in [5, 5.41) is 13.6. The van der Waals surface area contributed by atoms with Crippen LogP contribution in [0.5, 0.6) is 0 Å². The number of para-hydroxylation sites is 2. The van der Waals surface area contributed by atoms with Gasteiger partial charge >= 0.3 is 0 Å². The fourth-order valence-corrected chi connectivity index (χ4v) is 4.04. The molecular weight excluding hydrogens is 358 g/mol. The highest BCUT2D eigenvalue weighted by molar-refractivity contribution is 5.86. The Morgan fingerprint density at radius 3 is 2.66 bits per heavy atom. The molecule has 0 fully saturated rings. The van der Waals surface area contributed by atoms with E-state index in [-0.39, 0.29) is 0 Å². The first-order chi connectivity index (χ1) is 14.0. The molecule has 0 unspecified atom stereocenters. The molecule has 3 rings (SSSR count). The van der Waals surface area contributed by atoms with E-state index in [1.165, 1.54) is 0 Å². The smallest absolute Gasteiger partial charge is 0.157 e. The molecule has 2 heterocycles. The van der Waals surface area contributed by atoms with Gasteiger partial charge in [0.2, 0.25) is 0 Å². The van der Waals surface area contributed by atoms with Gasteiger partial charge < -0.3 is 10.2 Å². The van der Waals surface area contributed by atoms with Gasteiger partial charge in [0.1, 0.15) is 11.9 Å². The number of anilines is 1. The molecular formula is C24H32N5+. The van der Waals surface area contributed by atoms with E-state index < -0.39 is 0 Å². The number of benzene rings is 1. The number of nitrogens with one attached hydrogen (secondary N) is 2. The van der Waals surface area contributed by atoms with E-state index in [2.05, 4.69) is 42.3 Å². The topological polar surface area (TPSA) is 57.6 Å². The highest BCUT2D eigenvalue weighted by Crippen LogP contribution is 2.32. The predicted octanol–water partition coefficient (Wildman–Crippen LogP) is 3.51. The Morgan fingerprint density at radius 2 is 2.00 bits per heavy atom. The number of hydrogen-bond acceptors (Lipinski definition) is 3. The minimum atomic E-state index is 0.649. The molecule has 0 atom stereocenters. The summed E-state index contributed by atoms with van der Waals surface area (Å²) in [6, 6.07) is 10.5. The molecule has 152 valence electrons. The number of quaternary nitrogens is 1. The lowest BCUT2D eigenvalue weighted by molar-refractivity contribution is -0.896. The van der Waals surface area contributed by atoms with E-state index in [1.807, 2.05) is 32.0 Å². The molecule has 3 aromatic rings. The van der Waals surface area contributed by atoms with Gasteiger partial charge in [-0.15, -0.1) is 0 Å². The van der Waals surface area contributed by atoms with Crippen LogP contribution in [0.4, 0.5) is 5.82 Å². The van der Waals surface area contributed by atoms with Gasteiger partial charge in [-0.25, -0.2) is 4.98 Å².